The lowest BCUT2D eigenvalue weighted by molar-refractivity contribution is -0.105. The van der Waals surface area contributed by atoms with Crippen molar-refractivity contribution in [2.75, 3.05) is 11.9 Å². The van der Waals surface area contributed by atoms with Crippen molar-refractivity contribution in [2.45, 2.75) is 6.42 Å². The molecule has 4 heteroatoms. The molecule has 1 amide bonds. The highest BCUT2D eigenvalue weighted by molar-refractivity contribution is 5.97. The SMILES string of the molecule is O=CNc1ccccc1C(=O)OCCc1ccccc1. The third-order valence-corrected chi connectivity index (χ3v) is 2.83. The van der Waals surface area contributed by atoms with Gasteiger partial charge in [-0.25, -0.2) is 4.79 Å². The molecule has 102 valence electrons. The number of rotatable bonds is 6. The van der Waals surface area contributed by atoms with Gasteiger partial charge in [0, 0.05) is 6.42 Å². The zero-order valence-electron chi connectivity index (χ0n) is 10.9. The van der Waals surface area contributed by atoms with Crippen LogP contribution in [-0.2, 0) is 16.0 Å². The lowest BCUT2D eigenvalue weighted by Crippen LogP contribution is -2.11. The molecule has 0 bridgehead atoms. The minimum absolute atomic E-state index is 0.304. The Kier molecular flexibility index (Phi) is 4.89. The molecule has 0 saturated carbocycles. The lowest BCUT2D eigenvalue weighted by Gasteiger charge is -2.08. The van der Waals surface area contributed by atoms with Crippen LogP contribution in [0.4, 0.5) is 5.69 Å². The summed E-state index contributed by atoms with van der Waals surface area (Å²) in [6.07, 6.45) is 1.20. The highest BCUT2D eigenvalue weighted by Gasteiger charge is 2.11. The molecule has 0 fully saturated rings. The van der Waals surface area contributed by atoms with E-state index >= 15 is 0 Å². The molecule has 4 nitrogen and oxygen atoms in total. The smallest absolute Gasteiger partial charge is 0.340 e. The van der Waals surface area contributed by atoms with E-state index in [1.807, 2.05) is 30.3 Å². The van der Waals surface area contributed by atoms with Gasteiger partial charge in [-0.05, 0) is 17.7 Å². The molecule has 0 spiro atoms. The number of amides is 1. The summed E-state index contributed by atoms with van der Waals surface area (Å²) in [6, 6.07) is 16.5. The summed E-state index contributed by atoms with van der Waals surface area (Å²) in [5.74, 6) is -0.439. The van der Waals surface area contributed by atoms with Crippen molar-refractivity contribution in [3.63, 3.8) is 0 Å². The Morgan fingerprint density at radius 2 is 1.75 bits per heavy atom. The lowest BCUT2D eigenvalue weighted by atomic mass is 10.1. The molecule has 2 aromatic carbocycles. The van der Waals surface area contributed by atoms with Crippen molar-refractivity contribution in [3.8, 4) is 0 Å². The van der Waals surface area contributed by atoms with Crippen molar-refractivity contribution < 1.29 is 14.3 Å². The number of para-hydroxylation sites is 1. The fraction of sp³-hybridized carbons (Fsp3) is 0.125. The number of ether oxygens (including phenoxy) is 1. The highest BCUT2D eigenvalue weighted by Crippen LogP contribution is 2.15. The largest absolute Gasteiger partial charge is 0.462 e. The maximum absolute atomic E-state index is 12.0. The van der Waals surface area contributed by atoms with E-state index in [4.69, 9.17) is 4.74 Å². The predicted octanol–water partition coefficient (Wildman–Crippen LogP) is 2.65. The second-order valence-corrected chi connectivity index (χ2v) is 4.18. The topological polar surface area (TPSA) is 55.4 Å². The van der Waals surface area contributed by atoms with Gasteiger partial charge < -0.3 is 10.1 Å². The first kappa shape index (κ1) is 13.8. The molecule has 0 unspecified atom stereocenters. The van der Waals surface area contributed by atoms with E-state index < -0.39 is 5.97 Å². The zero-order valence-corrected chi connectivity index (χ0v) is 10.9. The van der Waals surface area contributed by atoms with E-state index in [0.717, 1.165) is 5.56 Å². The fourth-order valence-electron chi connectivity index (χ4n) is 1.83. The Bertz CT molecular complexity index is 581. The van der Waals surface area contributed by atoms with Gasteiger partial charge in [0.05, 0.1) is 17.9 Å². The summed E-state index contributed by atoms with van der Waals surface area (Å²) in [4.78, 5) is 22.4. The van der Waals surface area contributed by atoms with Crippen molar-refractivity contribution in [1.82, 2.24) is 0 Å². The van der Waals surface area contributed by atoms with Crippen LogP contribution < -0.4 is 5.32 Å². The van der Waals surface area contributed by atoms with Crippen LogP contribution in [0.2, 0.25) is 0 Å². The Morgan fingerprint density at radius 1 is 1.05 bits per heavy atom. The van der Waals surface area contributed by atoms with Gasteiger partial charge in [0.1, 0.15) is 0 Å². The average molecular weight is 269 g/mol. The Labute approximate surface area is 117 Å². The first-order chi connectivity index (χ1) is 9.81. The van der Waals surface area contributed by atoms with Crippen LogP contribution in [0.3, 0.4) is 0 Å². The molecule has 20 heavy (non-hydrogen) atoms. The van der Waals surface area contributed by atoms with E-state index in [1.54, 1.807) is 24.3 Å². The zero-order chi connectivity index (χ0) is 14.2. The summed E-state index contributed by atoms with van der Waals surface area (Å²) in [5, 5.41) is 2.48. The van der Waals surface area contributed by atoms with Crippen molar-refractivity contribution >= 4 is 18.1 Å². The van der Waals surface area contributed by atoms with E-state index in [2.05, 4.69) is 5.32 Å². The molecule has 2 rings (SSSR count). The van der Waals surface area contributed by atoms with Crippen LogP contribution in [0, 0.1) is 0 Å². The number of carbonyl (C=O) groups is 2. The van der Waals surface area contributed by atoms with Crippen LogP contribution in [0.25, 0.3) is 0 Å². The van der Waals surface area contributed by atoms with Gasteiger partial charge in [0.15, 0.2) is 0 Å². The van der Waals surface area contributed by atoms with Crippen molar-refractivity contribution in [2.24, 2.45) is 0 Å². The molecular weight excluding hydrogens is 254 g/mol. The molecule has 0 aliphatic heterocycles. The van der Waals surface area contributed by atoms with Gasteiger partial charge in [0.2, 0.25) is 6.41 Å². The Balaban J connectivity index is 1.93. The van der Waals surface area contributed by atoms with Gasteiger partial charge in [-0.3, -0.25) is 4.79 Å². The third-order valence-electron chi connectivity index (χ3n) is 2.83. The Morgan fingerprint density at radius 3 is 2.50 bits per heavy atom. The van der Waals surface area contributed by atoms with Crippen LogP contribution >= 0.6 is 0 Å². The maximum Gasteiger partial charge on any atom is 0.340 e. The molecule has 0 atom stereocenters. The number of anilines is 1. The fourth-order valence-corrected chi connectivity index (χ4v) is 1.83. The predicted molar refractivity (Wildman–Crippen MR) is 76.6 cm³/mol. The number of hydrogen-bond acceptors (Lipinski definition) is 3. The van der Waals surface area contributed by atoms with Gasteiger partial charge in [0.25, 0.3) is 0 Å². The minimum Gasteiger partial charge on any atom is -0.462 e. The number of esters is 1. The van der Waals surface area contributed by atoms with Crippen molar-refractivity contribution in [1.29, 1.82) is 0 Å². The number of benzene rings is 2. The van der Waals surface area contributed by atoms with Gasteiger partial charge >= 0.3 is 5.97 Å². The van der Waals surface area contributed by atoms with Crippen LogP contribution in [-0.4, -0.2) is 19.0 Å². The molecule has 0 radical (unpaired) electrons. The number of nitrogens with one attached hydrogen (secondary N) is 1. The highest BCUT2D eigenvalue weighted by atomic mass is 16.5. The summed E-state index contributed by atoms with van der Waals surface area (Å²) < 4.78 is 5.22. The average Bonchev–Trinajstić information content (AvgIpc) is 2.49. The molecule has 1 N–H and O–H groups in total. The molecular formula is C16H15NO3. The van der Waals surface area contributed by atoms with Crippen LogP contribution in [0.5, 0.6) is 0 Å². The van der Waals surface area contributed by atoms with Gasteiger partial charge in [-0.15, -0.1) is 0 Å². The summed E-state index contributed by atoms with van der Waals surface area (Å²) in [7, 11) is 0. The molecule has 0 heterocycles. The summed E-state index contributed by atoms with van der Waals surface area (Å²) in [5.41, 5.74) is 1.92. The molecule has 2 aromatic rings. The van der Waals surface area contributed by atoms with Crippen molar-refractivity contribution in [3.05, 3.63) is 65.7 Å². The summed E-state index contributed by atoms with van der Waals surface area (Å²) in [6.45, 7) is 0.304. The van der Waals surface area contributed by atoms with E-state index in [1.165, 1.54) is 0 Å². The minimum atomic E-state index is -0.439. The van der Waals surface area contributed by atoms with E-state index in [-0.39, 0.29) is 0 Å². The van der Waals surface area contributed by atoms with E-state index in [0.29, 0.717) is 30.7 Å². The van der Waals surface area contributed by atoms with Gasteiger partial charge in [-0.1, -0.05) is 42.5 Å². The third kappa shape index (κ3) is 3.68. The molecule has 0 aliphatic carbocycles. The van der Waals surface area contributed by atoms with Crippen LogP contribution in [0.1, 0.15) is 15.9 Å². The quantitative estimate of drug-likeness (QED) is 0.648. The first-order valence-electron chi connectivity index (χ1n) is 6.31. The Hall–Kier alpha value is -2.62. The normalized spacial score (nSPS) is 9.80. The number of carbonyl (C=O) groups excluding carboxylic acids is 2. The van der Waals surface area contributed by atoms with E-state index in [9.17, 15) is 9.59 Å². The van der Waals surface area contributed by atoms with Gasteiger partial charge in [-0.2, -0.15) is 0 Å². The summed E-state index contributed by atoms with van der Waals surface area (Å²) >= 11 is 0. The second kappa shape index (κ2) is 7.09. The maximum atomic E-state index is 12.0. The molecule has 0 aliphatic rings. The molecule has 0 aromatic heterocycles. The first-order valence-corrected chi connectivity index (χ1v) is 6.31. The second-order valence-electron chi connectivity index (χ2n) is 4.18. The number of hydrogen-bond donors (Lipinski definition) is 1. The van der Waals surface area contributed by atoms with Crippen LogP contribution in [0.15, 0.2) is 54.6 Å². The molecule has 0 saturated heterocycles. The standard InChI is InChI=1S/C16H15NO3/c18-12-17-15-9-5-4-8-14(15)16(19)20-11-10-13-6-2-1-3-7-13/h1-9,12H,10-11H2,(H,17,18). The monoisotopic (exact) mass is 269 g/mol.